The van der Waals surface area contributed by atoms with E-state index in [0.29, 0.717) is 24.8 Å². The van der Waals surface area contributed by atoms with Crippen molar-refractivity contribution in [1.29, 1.82) is 0 Å². The van der Waals surface area contributed by atoms with E-state index < -0.39 is 0 Å². The number of thiazole rings is 1. The second-order valence-electron chi connectivity index (χ2n) is 8.47. The van der Waals surface area contributed by atoms with Gasteiger partial charge in [0.1, 0.15) is 17.6 Å². The van der Waals surface area contributed by atoms with E-state index in [0.717, 1.165) is 47.7 Å². The summed E-state index contributed by atoms with van der Waals surface area (Å²) in [4.78, 5) is 19.4. The van der Waals surface area contributed by atoms with Gasteiger partial charge in [0.15, 0.2) is 0 Å². The quantitative estimate of drug-likeness (QED) is 0.554. The highest BCUT2D eigenvalue weighted by Crippen LogP contribution is 2.38. The number of hydrogen-bond donors (Lipinski definition) is 2. The number of nitrogens with one attached hydrogen (secondary N) is 1. The maximum Gasteiger partial charge on any atom is 0.278 e. The number of fused-ring (bicyclic) bond motifs is 1. The first-order valence-electron chi connectivity index (χ1n) is 11.3. The summed E-state index contributed by atoms with van der Waals surface area (Å²) < 4.78 is 12.2. The Morgan fingerprint density at radius 2 is 2.12 bits per heavy atom. The van der Waals surface area contributed by atoms with Crippen molar-refractivity contribution in [1.82, 2.24) is 15.2 Å². The number of rotatable bonds is 7. The summed E-state index contributed by atoms with van der Waals surface area (Å²) in [7, 11) is 0. The van der Waals surface area contributed by atoms with Gasteiger partial charge in [-0.05, 0) is 48.6 Å². The summed E-state index contributed by atoms with van der Waals surface area (Å²) in [6.07, 6.45) is 4.07. The van der Waals surface area contributed by atoms with Crippen LogP contribution in [0.3, 0.4) is 0 Å². The molecule has 2 aromatic carbocycles. The lowest BCUT2D eigenvalue weighted by Crippen LogP contribution is -2.36. The fourth-order valence-corrected chi connectivity index (χ4v) is 4.97. The van der Waals surface area contributed by atoms with Crippen molar-refractivity contribution in [2.75, 3.05) is 19.6 Å². The van der Waals surface area contributed by atoms with Gasteiger partial charge in [-0.15, -0.1) is 0 Å². The molecule has 2 unspecified atom stereocenters. The molecule has 0 saturated carbocycles. The van der Waals surface area contributed by atoms with Gasteiger partial charge in [-0.1, -0.05) is 41.7 Å². The fourth-order valence-electron chi connectivity index (χ4n) is 4.25. The summed E-state index contributed by atoms with van der Waals surface area (Å²) >= 11 is 1.41. The Kier molecular flexibility index (Phi) is 6.57. The van der Waals surface area contributed by atoms with Gasteiger partial charge >= 0.3 is 0 Å². The summed E-state index contributed by atoms with van der Waals surface area (Å²) in [5.74, 6) is 1.58. The monoisotopic (exact) mass is 465 g/mol. The van der Waals surface area contributed by atoms with Crippen LogP contribution >= 0.6 is 11.3 Å². The molecular weight excluding hydrogens is 438 g/mol. The van der Waals surface area contributed by atoms with E-state index in [4.69, 9.17) is 9.47 Å². The van der Waals surface area contributed by atoms with Gasteiger partial charge in [-0.2, -0.15) is 0 Å². The minimum absolute atomic E-state index is 0.0523. The number of aromatic nitrogens is 1. The van der Waals surface area contributed by atoms with Crippen LogP contribution in [0.4, 0.5) is 0 Å². The molecule has 7 nitrogen and oxygen atoms in total. The van der Waals surface area contributed by atoms with Crippen LogP contribution in [0.5, 0.6) is 16.7 Å². The van der Waals surface area contributed by atoms with Crippen molar-refractivity contribution in [3.8, 4) is 16.7 Å². The second-order valence-corrected chi connectivity index (χ2v) is 9.55. The molecular formula is C25H27N3O4S. The second kappa shape index (κ2) is 9.91. The summed E-state index contributed by atoms with van der Waals surface area (Å²) in [5.41, 5.74) is 2.33. The van der Waals surface area contributed by atoms with E-state index >= 15 is 0 Å². The summed E-state index contributed by atoms with van der Waals surface area (Å²) in [6, 6.07) is 16.2. The van der Waals surface area contributed by atoms with Crippen molar-refractivity contribution >= 4 is 17.2 Å². The van der Waals surface area contributed by atoms with Crippen LogP contribution in [0.25, 0.3) is 0 Å². The van der Waals surface area contributed by atoms with Gasteiger partial charge in [0.25, 0.3) is 5.19 Å². The van der Waals surface area contributed by atoms with Gasteiger partial charge < -0.3 is 19.9 Å². The molecule has 1 amide bonds. The molecule has 0 bridgehead atoms. The molecule has 1 fully saturated rings. The number of aryl methyl sites for hydroxylation is 1. The molecule has 2 aliphatic heterocycles. The topological polar surface area (TPSA) is 83.9 Å². The van der Waals surface area contributed by atoms with E-state index in [-0.39, 0.29) is 18.1 Å². The first-order valence-corrected chi connectivity index (χ1v) is 12.1. The molecule has 2 N–H and O–H groups in total. The number of β-amino-alcohol motifs (C(OH)–C–C–N with tert-alkyl or cyclic N) is 1. The Balaban J connectivity index is 1.14. The molecule has 3 heterocycles. The number of nitrogens with zero attached hydrogens (tertiary/aromatic N) is 2. The molecule has 0 radical (unpaired) electrons. The predicted molar refractivity (Wildman–Crippen MR) is 126 cm³/mol. The van der Waals surface area contributed by atoms with Gasteiger partial charge in [0.05, 0.1) is 19.2 Å². The van der Waals surface area contributed by atoms with Gasteiger partial charge in [-0.3, -0.25) is 9.69 Å². The highest BCUT2D eigenvalue weighted by molar-refractivity contribution is 7.13. The fraction of sp³-hybridized carbons (Fsp3) is 0.360. The van der Waals surface area contributed by atoms with E-state index in [1.165, 1.54) is 16.9 Å². The number of aliphatic hydroxyl groups excluding tert-OH is 1. The van der Waals surface area contributed by atoms with Crippen molar-refractivity contribution < 1.29 is 19.4 Å². The Bertz CT molecular complexity index is 1100. The Hall–Kier alpha value is -2.94. The molecule has 8 heteroatoms. The number of aliphatic hydroxyl groups is 1. The Labute approximate surface area is 197 Å². The van der Waals surface area contributed by atoms with Crippen LogP contribution in [0.2, 0.25) is 0 Å². The van der Waals surface area contributed by atoms with Crippen LogP contribution in [0, 0.1) is 0 Å². The van der Waals surface area contributed by atoms with Gasteiger partial charge in [-0.25, -0.2) is 4.98 Å². The van der Waals surface area contributed by atoms with E-state index in [2.05, 4.69) is 22.4 Å². The third-order valence-corrected chi connectivity index (χ3v) is 6.84. The van der Waals surface area contributed by atoms with Gasteiger partial charge in [0, 0.05) is 24.2 Å². The third-order valence-electron chi connectivity index (χ3n) is 5.96. The minimum Gasteiger partial charge on any atom is -0.485 e. The average Bonchev–Trinajstić information content (AvgIpc) is 3.46. The number of hydrogen-bond acceptors (Lipinski definition) is 7. The zero-order chi connectivity index (χ0) is 22.6. The first kappa shape index (κ1) is 21.9. The predicted octanol–water partition coefficient (Wildman–Crippen LogP) is 3.68. The Morgan fingerprint density at radius 3 is 2.94 bits per heavy atom. The number of likely N-dealkylation sites (tertiary alicyclic amines) is 1. The smallest absolute Gasteiger partial charge is 0.278 e. The van der Waals surface area contributed by atoms with Crippen molar-refractivity contribution in [3.63, 3.8) is 0 Å². The zero-order valence-electron chi connectivity index (χ0n) is 18.3. The molecule has 33 heavy (non-hydrogen) atoms. The average molecular weight is 466 g/mol. The molecule has 5 rings (SSSR count). The van der Waals surface area contributed by atoms with Crippen molar-refractivity contribution in [3.05, 3.63) is 70.7 Å². The van der Waals surface area contributed by atoms with Crippen LogP contribution in [0.15, 0.2) is 54.7 Å². The highest BCUT2D eigenvalue weighted by Gasteiger charge is 2.23. The number of ether oxygens (including phenoxy) is 2. The number of benzene rings is 2. The highest BCUT2D eigenvalue weighted by atomic mass is 32.1. The normalized spacial score (nSPS) is 20.2. The molecule has 1 aromatic heterocycles. The van der Waals surface area contributed by atoms with E-state index in [9.17, 15) is 9.90 Å². The van der Waals surface area contributed by atoms with Crippen LogP contribution in [-0.4, -0.2) is 46.6 Å². The lowest BCUT2D eigenvalue weighted by molar-refractivity contribution is -0.122. The molecule has 2 aliphatic rings. The SMILES string of the molecule is O=C(CN1CCC(O)C1)NCc1cnc(Oc2ccc3c(c2)CCC(c2ccccc2)O3)s1. The maximum absolute atomic E-state index is 12.1. The van der Waals surface area contributed by atoms with Crippen LogP contribution < -0.4 is 14.8 Å². The lowest BCUT2D eigenvalue weighted by atomic mass is 9.97. The number of carbonyl (C=O) groups is 1. The molecule has 172 valence electrons. The molecule has 2 atom stereocenters. The molecule has 0 spiro atoms. The van der Waals surface area contributed by atoms with E-state index in [1.54, 1.807) is 6.20 Å². The van der Waals surface area contributed by atoms with Crippen LogP contribution in [-0.2, 0) is 17.8 Å². The van der Waals surface area contributed by atoms with Crippen molar-refractivity contribution in [2.45, 2.75) is 38.0 Å². The van der Waals surface area contributed by atoms with Crippen LogP contribution in [0.1, 0.15) is 34.9 Å². The summed E-state index contributed by atoms with van der Waals surface area (Å²) in [5, 5.41) is 13.0. The first-order chi connectivity index (χ1) is 16.1. The molecule has 1 saturated heterocycles. The zero-order valence-corrected chi connectivity index (χ0v) is 19.1. The standard InChI is InChI=1S/C25H27N3O4S/c29-19-10-11-28(15-19)16-24(30)26-13-21-14-27-25(33-21)31-20-7-9-23-18(12-20)6-8-22(32-23)17-4-2-1-3-5-17/h1-5,7,9,12,14,19,22,29H,6,8,10-11,13,15-16H2,(H,26,30). The minimum atomic E-state index is -0.320. The lowest BCUT2D eigenvalue weighted by Gasteiger charge is -2.26. The number of amides is 1. The number of carbonyl (C=O) groups excluding carboxylic acids is 1. The summed E-state index contributed by atoms with van der Waals surface area (Å²) in [6.45, 7) is 2.03. The molecule has 3 aromatic rings. The maximum atomic E-state index is 12.1. The van der Waals surface area contributed by atoms with Gasteiger partial charge in [0.2, 0.25) is 5.91 Å². The van der Waals surface area contributed by atoms with E-state index in [1.807, 2.05) is 41.3 Å². The largest absolute Gasteiger partial charge is 0.485 e. The Morgan fingerprint density at radius 1 is 1.24 bits per heavy atom. The third kappa shape index (κ3) is 5.52. The molecule has 0 aliphatic carbocycles. The van der Waals surface area contributed by atoms with Crippen molar-refractivity contribution in [2.24, 2.45) is 0 Å².